The quantitative estimate of drug-likeness (QED) is 0.0829. The fraction of sp³-hybridized carbons (Fsp3) is 0.395. The summed E-state index contributed by atoms with van der Waals surface area (Å²) < 4.78 is 198. The maximum Gasteiger partial charge on any atom is 0.435 e. The van der Waals surface area contributed by atoms with Crippen molar-refractivity contribution >= 4 is 54.2 Å². The van der Waals surface area contributed by atoms with Crippen LogP contribution in [0.1, 0.15) is 84.7 Å². The molecule has 2 aliphatic carbocycles. The summed E-state index contributed by atoms with van der Waals surface area (Å²) in [6.45, 7) is 2.81. The Morgan fingerprint density at radius 1 is 0.957 bits per heavy atom. The summed E-state index contributed by atoms with van der Waals surface area (Å²) in [4.78, 5) is 30.9. The summed E-state index contributed by atoms with van der Waals surface area (Å²) in [7, 11) is -8.55. The lowest BCUT2D eigenvalue weighted by Crippen LogP contribution is -2.35. The molecule has 69 heavy (non-hydrogen) atoms. The summed E-state index contributed by atoms with van der Waals surface area (Å²) in [6.07, 6.45) is -10.6. The highest BCUT2D eigenvalue weighted by Gasteiger charge is 2.68. The lowest BCUT2D eigenvalue weighted by atomic mass is 9.93. The van der Waals surface area contributed by atoms with Crippen LogP contribution in [0.5, 0.6) is 0 Å². The number of alkyl halides is 8. The second-order valence-corrected chi connectivity index (χ2v) is 21.7. The largest absolute Gasteiger partial charge is 0.435 e. The predicted octanol–water partition coefficient (Wildman–Crippen LogP) is 7.85. The van der Waals surface area contributed by atoms with Crippen molar-refractivity contribution < 1.29 is 70.3 Å². The number of aromatic nitrogens is 5. The molecule has 7 rings (SSSR count). The molecule has 0 aliphatic heterocycles. The van der Waals surface area contributed by atoms with Gasteiger partial charge in [-0.15, -0.1) is 0 Å². The summed E-state index contributed by atoms with van der Waals surface area (Å²) in [5.41, 5.74) is -6.00. The zero-order valence-corrected chi connectivity index (χ0v) is 38.5. The second-order valence-electron chi connectivity index (χ2n) is 17.0. The van der Waals surface area contributed by atoms with Crippen molar-refractivity contribution in [3.8, 4) is 23.0 Å². The minimum Gasteiger partial charge on any atom is -0.346 e. The third kappa shape index (κ3) is 10.7. The van der Waals surface area contributed by atoms with Crippen LogP contribution in [0.4, 0.5) is 43.9 Å². The molecule has 0 unspecified atom stereocenters. The fourth-order valence-electron chi connectivity index (χ4n) is 8.05. The predicted molar refractivity (Wildman–Crippen MR) is 228 cm³/mol. The van der Waals surface area contributed by atoms with E-state index in [2.05, 4.69) is 39.3 Å². The third-order valence-corrected chi connectivity index (χ3v) is 14.9. The molecule has 5 aromatic rings. The van der Waals surface area contributed by atoms with E-state index in [0.29, 0.717) is 10.7 Å². The Bertz CT molecular complexity index is 3200. The van der Waals surface area contributed by atoms with Gasteiger partial charge in [0.15, 0.2) is 15.5 Å². The number of rotatable bonds is 14. The Labute approximate surface area is 392 Å². The number of halogens is 11. The number of pyridine rings is 1. The molecule has 3 atom stereocenters. The highest BCUT2D eigenvalue weighted by atomic mass is 35.5. The zero-order chi connectivity index (χ0) is 51.0. The van der Waals surface area contributed by atoms with Crippen LogP contribution >= 0.6 is 11.6 Å². The van der Waals surface area contributed by atoms with Crippen molar-refractivity contribution in [2.45, 2.75) is 93.4 Å². The normalized spacial score (nSPS) is 17.2. The van der Waals surface area contributed by atoms with E-state index in [0.717, 1.165) is 30.5 Å². The van der Waals surface area contributed by atoms with E-state index in [1.807, 2.05) is 0 Å². The van der Waals surface area contributed by atoms with Crippen LogP contribution in [0, 0.1) is 36.3 Å². The van der Waals surface area contributed by atoms with Gasteiger partial charge in [-0.25, -0.2) is 30.6 Å². The highest BCUT2D eigenvalue weighted by Crippen LogP contribution is 2.68. The molecule has 0 spiro atoms. The van der Waals surface area contributed by atoms with Crippen molar-refractivity contribution in [3.05, 3.63) is 106 Å². The lowest BCUT2D eigenvalue weighted by molar-refractivity contribution is -0.143. The number of nitrogens with one attached hydrogen (secondary N) is 2. The van der Waals surface area contributed by atoms with E-state index in [1.54, 1.807) is 4.72 Å². The molecule has 2 aliphatic rings. The Hall–Kier alpha value is -5.74. The standard InChI is InChI=1S/C43H37ClF10N7O6S2/c1-5-6-32(62)59-69(66,67)19-31-35-29(44)10-9-26(37(35)61(57-31)20-41(47,48)49)25-8-7-24(11-12-40(2,3)68(4,64)65)55-36(25)30(15-21-13-22(45)16-23(46)14-21)56-33(63)18-60-39-34(38(58-60)43(52,53)54)27-17-28(27)42(39,50)51/h7-10,13-14,16,27-28,30H,1,5-6,15,17-20H2,2-4H3,(H,56,63)(H,59,62)/t27-,28+,30-/m0/s1. The molecule has 13 nitrogen and oxygen atoms in total. The number of carbonyl (C=O) groups is 2. The van der Waals surface area contributed by atoms with Gasteiger partial charge < -0.3 is 5.32 Å². The van der Waals surface area contributed by atoms with Crippen LogP contribution in [0.2, 0.25) is 5.02 Å². The molecule has 2 aromatic carbocycles. The summed E-state index contributed by atoms with van der Waals surface area (Å²) in [5.74, 6) is -7.09. The van der Waals surface area contributed by atoms with Crippen LogP contribution in [0.25, 0.3) is 22.0 Å². The number of hydrogen-bond acceptors (Lipinski definition) is 9. The monoisotopic (exact) mass is 1040 g/mol. The lowest BCUT2D eigenvalue weighted by Gasteiger charge is -2.23. The molecule has 0 bridgehead atoms. The maximum atomic E-state index is 15.5. The van der Waals surface area contributed by atoms with Crippen molar-refractivity contribution in [3.63, 3.8) is 0 Å². The minimum absolute atomic E-state index is 0.00747. The van der Waals surface area contributed by atoms with Crippen molar-refractivity contribution in [2.75, 3.05) is 6.26 Å². The number of carbonyl (C=O) groups excluding carboxylic acids is 2. The number of nitrogens with zero attached hydrogens (tertiary/aromatic N) is 5. The van der Waals surface area contributed by atoms with E-state index in [4.69, 9.17) is 11.6 Å². The number of fused-ring (bicyclic) bond motifs is 4. The van der Waals surface area contributed by atoms with Gasteiger partial charge in [-0.2, -0.15) is 45.3 Å². The Balaban J connectivity index is 1.45. The van der Waals surface area contributed by atoms with Gasteiger partial charge in [-0.1, -0.05) is 30.5 Å². The van der Waals surface area contributed by atoms with Crippen LogP contribution in [0.15, 0.2) is 42.5 Å². The van der Waals surface area contributed by atoms with Gasteiger partial charge in [-0.3, -0.25) is 23.7 Å². The SMILES string of the molecule is [CH2]CCC(=O)NS(=O)(=O)Cc1nn(CC(F)(F)F)c2c(-c3ccc(C#CC(C)(C)S(C)(=O)=O)nc3[C@H](Cc3cc(F)cc(F)c3)NC(=O)Cn3nc(C(F)(F)F)c4c3C(F)(F)[C@@H]3C[C@H]43)ccc(Cl)c12. The van der Waals surface area contributed by atoms with Gasteiger partial charge in [0, 0.05) is 46.7 Å². The molecule has 2 N–H and O–H groups in total. The van der Waals surface area contributed by atoms with Crippen LogP contribution in [-0.4, -0.2) is 70.4 Å². The van der Waals surface area contributed by atoms with Gasteiger partial charge >= 0.3 is 12.4 Å². The molecule has 3 aromatic heterocycles. The molecule has 369 valence electrons. The first-order valence-electron chi connectivity index (χ1n) is 20.4. The minimum atomic E-state index is -5.21. The zero-order valence-electron chi connectivity index (χ0n) is 36.1. The van der Waals surface area contributed by atoms with Gasteiger partial charge in [0.1, 0.15) is 46.6 Å². The van der Waals surface area contributed by atoms with E-state index in [-0.39, 0.29) is 56.7 Å². The summed E-state index contributed by atoms with van der Waals surface area (Å²) in [5, 5.41) is 9.04. The average Bonchev–Trinajstić information content (AvgIpc) is 3.72. The molecule has 1 saturated carbocycles. The topological polar surface area (TPSA) is 175 Å². The first-order valence-corrected chi connectivity index (χ1v) is 24.3. The van der Waals surface area contributed by atoms with Gasteiger partial charge in [0.05, 0.1) is 28.0 Å². The van der Waals surface area contributed by atoms with Gasteiger partial charge in [0.2, 0.25) is 21.8 Å². The molecule has 1 fully saturated rings. The summed E-state index contributed by atoms with van der Waals surface area (Å²) >= 11 is 6.56. The highest BCUT2D eigenvalue weighted by molar-refractivity contribution is 7.92. The molecule has 1 radical (unpaired) electrons. The molecular formula is C43H37ClF10N7O6S2. The number of sulfone groups is 1. The van der Waals surface area contributed by atoms with Gasteiger partial charge in [0.25, 0.3) is 5.92 Å². The molecule has 0 saturated heterocycles. The second kappa shape index (κ2) is 17.9. The van der Waals surface area contributed by atoms with Crippen molar-refractivity contribution in [2.24, 2.45) is 5.92 Å². The van der Waals surface area contributed by atoms with Gasteiger partial charge in [-0.05, 0) is 80.8 Å². The molecule has 26 heteroatoms. The maximum absolute atomic E-state index is 15.5. The van der Waals surface area contributed by atoms with Crippen molar-refractivity contribution in [1.29, 1.82) is 0 Å². The smallest absolute Gasteiger partial charge is 0.346 e. The third-order valence-electron chi connectivity index (χ3n) is 11.4. The number of hydrogen-bond donors (Lipinski definition) is 2. The van der Waals surface area contributed by atoms with E-state index in [9.17, 15) is 61.5 Å². The number of sulfonamides is 1. The molecule has 3 heterocycles. The Kier molecular flexibility index (Phi) is 13.3. The molecule has 2 amide bonds. The van der Waals surface area contributed by atoms with Crippen LogP contribution in [0.3, 0.4) is 0 Å². The Morgan fingerprint density at radius 3 is 2.22 bits per heavy atom. The van der Waals surface area contributed by atoms with E-state index >= 15 is 8.78 Å². The average molecular weight is 1040 g/mol. The molecular weight excluding hydrogens is 1000 g/mol. The van der Waals surface area contributed by atoms with Crippen molar-refractivity contribution in [1.82, 2.24) is 34.6 Å². The van der Waals surface area contributed by atoms with Crippen LogP contribution in [-0.2, 0) is 66.8 Å². The van der Waals surface area contributed by atoms with E-state index < -0.39 is 143 Å². The number of benzene rings is 2. The fourth-order valence-corrected chi connectivity index (χ4v) is 9.63. The van der Waals surface area contributed by atoms with E-state index in [1.165, 1.54) is 26.0 Å². The number of amides is 2. The first-order chi connectivity index (χ1) is 31.8. The summed E-state index contributed by atoms with van der Waals surface area (Å²) in [6, 6.07) is 5.07. The first kappa shape index (κ1) is 51.1. The van der Waals surface area contributed by atoms with Crippen LogP contribution < -0.4 is 10.0 Å². The Morgan fingerprint density at radius 2 is 1.61 bits per heavy atom.